The smallest absolute Gasteiger partial charge is 0.341 e. The van der Waals surface area contributed by atoms with Gasteiger partial charge in [-0.3, -0.25) is 4.79 Å². The summed E-state index contributed by atoms with van der Waals surface area (Å²) in [4.78, 5) is 26.6. The molecule has 1 aromatic heterocycles. The summed E-state index contributed by atoms with van der Waals surface area (Å²) in [6.07, 6.45) is 6.14. The van der Waals surface area contributed by atoms with Gasteiger partial charge >= 0.3 is 5.97 Å². The molecule has 1 unspecified atom stereocenters. The summed E-state index contributed by atoms with van der Waals surface area (Å²) in [7, 11) is 0. The van der Waals surface area contributed by atoms with Gasteiger partial charge in [-0.05, 0) is 66.2 Å². The first-order valence-electron chi connectivity index (χ1n) is 11.5. The highest BCUT2D eigenvalue weighted by atomic mass is 32.1. The molecule has 0 spiro atoms. The fourth-order valence-electron chi connectivity index (χ4n) is 4.15. The number of thiophene rings is 1. The van der Waals surface area contributed by atoms with Crippen LogP contribution in [0.1, 0.15) is 85.8 Å². The molecule has 0 radical (unpaired) electrons. The number of carbonyl (C=O) groups is 2. The number of rotatable bonds is 6. The number of hydrogen-bond acceptors (Lipinski definition) is 4. The van der Waals surface area contributed by atoms with E-state index in [1.807, 2.05) is 12.1 Å². The van der Waals surface area contributed by atoms with Crippen molar-refractivity contribution >= 4 is 34.3 Å². The number of hydrogen-bond donors (Lipinski definition) is 1. The molecule has 1 aromatic carbocycles. The maximum atomic E-state index is 12.7. The van der Waals surface area contributed by atoms with Crippen molar-refractivity contribution in [1.82, 2.24) is 0 Å². The molecule has 4 nitrogen and oxygen atoms in total. The Bertz CT molecular complexity index is 993. The van der Waals surface area contributed by atoms with Gasteiger partial charge in [0.1, 0.15) is 5.00 Å². The quantitative estimate of drug-likeness (QED) is 0.384. The van der Waals surface area contributed by atoms with Crippen LogP contribution in [0.2, 0.25) is 0 Å². The van der Waals surface area contributed by atoms with Crippen LogP contribution in [0, 0.1) is 11.3 Å². The minimum atomic E-state index is -0.345. The van der Waals surface area contributed by atoms with E-state index < -0.39 is 0 Å². The minimum absolute atomic E-state index is 0.211. The second-order valence-corrected chi connectivity index (χ2v) is 11.0. The molecule has 0 bridgehead atoms. The lowest BCUT2D eigenvalue weighted by atomic mass is 9.72. The topological polar surface area (TPSA) is 55.4 Å². The van der Waals surface area contributed by atoms with Crippen LogP contribution in [0.25, 0.3) is 6.08 Å². The average molecular weight is 454 g/mol. The Morgan fingerprint density at radius 1 is 1.22 bits per heavy atom. The number of esters is 1. The number of amides is 1. The van der Waals surface area contributed by atoms with E-state index in [9.17, 15) is 9.59 Å². The lowest BCUT2D eigenvalue weighted by molar-refractivity contribution is -0.111. The maximum Gasteiger partial charge on any atom is 0.341 e. The predicted octanol–water partition coefficient (Wildman–Crippen LogP) is 6.85. The van der Waals surface area contributed by atoms with Gasteiger partial charge < -0.3 is 10.1 Å². The molecule has 0 saturated heterocycles. The summed E-state index contributed by atoms with van der Waals surface area (Å²) >= 11 is 1.52. The second kappa shape index (κ2) is 10.0. The zero-order valence-electron chi connectivity index (χ0n) is 20.1. The van der Waals surface area contributed by atoms with Gasteiger partial charge in [-0.15, -0.1) is 11.3 Å². The molecule has 5 heteroatoms. The van der Waals surface area contributed by atoms with Crippen LogP contribution in [0.4, 0.5) is 5.00 Å². The Hall–Kier alpha value is -2.40. The summed E-state index contributed by atoms with van der Waals surface area (Å²) in [5.41, 5.74) is 4.04. The van der Waals surface area contributed by atoms with Crippen molar-refractivity contribution < 1.29 is 14.3 Å². The highest BCUT2D eigenvalue weighted by molar-refractivity contribution is 7.17. The van der Waals surface area contributed by atoms with Crippen molar-refractivity contribution in [1.29, 1.82) is 0 Å². The first-order chi connectivity index (χ1) is 15.1. The normalized spacial score (nSPS) is 16.3. The zero-order valence-corrected chi connectivity index (χ0v) is 20.9. The van der Waals surface area contributed by atoms with Crippen molar-refractivity contribution in [2.24, 2.45) is 11.3 Å². The lowest BCUT2D eigenvalue weighted by Gasteiger charge is -2.33. The standard InChI is InChI=1S/C27H35NO3S/c1-7-31-26(30)24-21-14-13-20(27(4,5)6)16-22(21)32-25(24)28-23(29)15-10-18-8-11-19(12-9-18)17(2)3/h8-12,15,17,20H,7,13-14,16H2,1-6H3,(H,28,29). The minimum Gasteiger partial charge on any atom is -0.462 e. The number of benzene rings is 1. The third-order valence-corrected chi connectivity index (χ3v) is 7.41. The van der Waals surface area contributed by atoms with Gasteiger partial charge in [-0.1, -0.05) is 58.9 Å². The molecule has 172 valence electrons. The molecule has 3 rings (SSSR count). The van der Waals surface area contributed by atoms with Crippen molar-refractivity contribution in [2.75, 3.05) is 11.9 Å². The SMILES string of the molecule is CCOC(=O)c1c(NC(=O)C=Cc2ccc(C(C)C)cc2)sc2c1CCC(C(C)(C)C)C2. The van der Waals surface area contributed by atoms with Crippen LogP contribution in [-0.4, -0.2) is 18.5 Å². The Balaban J connectivity index is 1.81. The monoisotopic (exact) mass is 453 g/mol. The van der Waals surface area contributed by atoms with E-state index in [1.165, 1.54) is 27.9 Å². The van der Waals surface area contributed by atoms with E-state index in [4.69, 9.17) is 4.74 Å². The lowest BCUT2D eigenvalue weighted by Crippen LogP contribution is -2.26. The van der Waals surface area contributed by atoms with E-state index in [0.29, 0.717) is 29.0 Å². The van der Waals surface area contributed by atoms with Crippen LogP contribution in [0.3, 0.4) is 0 Å². The van der Waals surface area contributed by atoms with Gasteiger partial charge in [-0.25, -0.2) is 4.79 Å². The van der Waals surface area contributed by atoms with Crippen LogP contribution in [-0.2, 0) is 22.4 Å². The fraction of sp³-hybridized carbons (Fsp3) is 0.481. The van der Waals surface area contributed by atoms with Gasteiger partial charge in [0, 0.05) is 11.0 Å². The predicted molar refractivity (Wildman–Crippen MR) is 133 cm³/mol. The van der Waals surface area contributed by atoms with Crippen LogP contribution < -0.4 is 5.32 Å². The van der Waals surface area contributed by atoms with E-state index >= 15 is 0 Å². The number of fused-ring (bicyclic) bond motifs is 1. The molecule has 1 atom stereocenters. The number of nitrogens with one attached hydrogen (secondary N) is 1. The number of carbonyl (C=O) groups excluding carboxylic acids is 2. The Labute approximate surface area is 196 Å². The van der Waals surface area contributed by atoms with E-state index in [0.717, 1.165) is 30.4 Å². The van der Waals surface area contributed by atoms with Gasteiger partial charge in [0.25, 0.3) is 0 Å². The van der Waals surface area contributed by atoms with E-state index in [2.05, 4.69) is 52.1 Å². The Morgan fingerprint density at radius 3 is 2.50 bits per heavy atom. The molecule has 1 N–H and O–H groups in total. The zero-order chi connectivity index (χ0) is 23.5. The van der Waals surface area contributed by atoms with Crippen molar-refractivity contribution in [2.45, 2.75) is 66.7 Å². The largest absolute Gasteiger partial charge is 0.462 e. The molecule has 0 aliphatic heterocycles. The van der Waals surface area contributed by atoms with Crippen LogP contribution >= 0.6 is 11.3 Å². The first kappa shape index (κ1) is 24.2. The Morgan fingerprint density at radius 2 is 1.91 bits per heavy atom. The fourth-order valence-corrected chi connectivity index (χ4v) is 5.47. The average Bonchev–Trinajstić information content (AvgIpc) is 3.09. The molecule has 1 aliphatic rings. The first-order valence-corrected chi connectivity index (χ1v) is 12.3. The van der Waals surface area contributed by atoms with Crippen molar-refractivity contribution in [3.05, 3.63) is 57.5 Å². The molecule has 2 aromatic rings. The maximum absolute atomic E-state index is 12.7. The Kier molecular flexibility index (Phi) is 7.60. The molecule has 32 heavy (non-hydrogen) atoms. The number of anilines is 1. The van der Waals surface area contributed by atoms with Crippen LogP contribution in [0.5, 0.6) is 0 Å². The molecular formula is C27H35NO3S. The summed E-state index contributed by atoms with van der Waals surface area (Å²) in [5.74, 6) is 0.443. The molecule has 1 heterocycles. The van der Waals surface area contributed by atoms with Gasteiger partial charge in [-0.2, -0.15) is 0 Å². The summed E-state index contributed by atoms with van der Waals surface area (Å²) in [6, 6.07) is 8.19. The molecule has 1 aliphatic carbocycles. The third kappa shape index (κ3) is 5.69. The highest BCUT2D eigenvalue weighted by Gasteiger charge is 2.34. The van der Waals surface area contributed by atoms with E-state index in [-0.39, 0.29) is 17.3 Å². The molecular weight excluding hydrogens is 418 g/mol. The van der Waals surface area contributed by atoms with Gasteiger partial charge in [0.15, 0.2) is 0 Å². The van der Waals surface area contributed by atoms with Crippen molar-refractivity contribution in [3.63, 3.8) is 0 Å². The summed E-state index contributed by atoms with van der Waals surface area (Å²) in [6.45, 7) is 13.2. The molecule has 0 fully saturated rings. The molecule has 1 amide bonds. The van der Waals surface area contributed by atoms with Gasteiger partial charge in [0.05, 0.1) is 12.2 Å². The number of ether oxygens (including phenoxy) is 1. The summed E-state index contributed by atoms with van der Waals surface area (Å²) < 4.78 is 5.33. The third-order valence-electron chi connectivity index (χ3n) is 6.24. The molecule has 0 saturated carbocycles. The second-order valence-electron chi connectivity index (χ2n) is 9.88. The highest BCUT2D eigenvalue weighted by Crippen LogP contribution is 2.44. The van der Waals surface area contributed by atoms with E-state index in [1.54, 1.807) is 13.0 Å². The van der Waals surface area contributed by atoms with Crippen LogP contribution in [0.15, 0.2) is 30.3 Å². The van der Waals surface area contributed by atoms with Crippen molar-refractivity contribution in [3.8, 4) is 0 Å². The summed E-state index contributed by atoms with van der Waals surface area (Å²) in [5, 5.41) is 3.56. The van der Waals surface area contributed by atoms with Gasteiger partial charge in [0.2, 0.25) is 5.91 Å².